The molecule has 1 N–H and O–H groups in total. The summed E-state index contributed by atoms with van der Waals surface area (Å²) in [4.78, 5) is 7.09. The summed E-state index contributed by atoms with van der Waals surface area (Å²) in [6, 6.07) is 0.721. The molecule has 1 saturated heterocycles. The van der Waals surface area contributed by atoms with Gasteiger partial charge < -0.3 is 10.2 Å². The highest BCUT2D eigenvalue weighted by atomic mass is 32.1. The number of aryl methyl sites for hydroxylation is 1. The first-order valence-electron chi connectivity index (χ1n) is 7.14. The Bertz CT molecular complexity index is 343. The van der Waals surface area contributed by atoms with Crippen molar-refractivity contribution in [2.75, 3.05) is 26.2 Å². The summed E-state index contributed by atoms with van der Waals surface area (Å²) in [5.41, 5.74) is 1.16. The fourth-order valence-electron chi connectivity index (χ4n) is 2.58. The second-order valence-electron chi connectivity index (χ2n) is 5.20. The Balaban J connectivity index is 1.60. The molecule has 0 radical (unpaired) electrons. The van der Waals surface area contributed by atoms with Crippen LogP contribution in [0.4, 0.5) is 0 Å². The molecule has 0 amide bonds. The summed E-state index contributed by atoms with van der Waals surface area (Å²) >= 11 is 1.78. The van der Waals surface area contributed by atoms with E-state index < -0.39 is 0 Å². The number of rotatable bonds is 6. The summed E-state index contributed by atoms with van der Waals surface area (Å²) in [7, 11) is 0. The minimum Gasteiger partial charge on any atom is -0.313 e. The Labute approximate surface area is 115 Å². The molecule has 1 fully saturated rings. The Morgan fingerprint density at radius 2 is 2.22 bits per heavy atom. The highest BCUT2D eigenvalue weighted by Gasteiger charge is 2.17. The van der Waals surface area contributed by atoms with Crippen molar-refractivity contribution in [1.82, 2.24) is 15.2 Å². The molecular weight excluding hydrogens is 242 g/mol. The van der Waals surface area contributed by atoms with E-state index in [1.54, 1.807) is 11.3 Å². The molecule has 4 heteroatoms. The topological polar surface area (TPSA) is 28.2 Å². The predicted molar refractivity (Wildman–Crippen MR) is 78.3 cm³/mol. The third-order valence-electron chi connectivity index (χ3n) is 3.57. The van der Waals surface area contributed by atoms with E-state index in [0.717, 1.165) is 24.7 Å². The average Bonchev–Trinajstić information content (AvgIpc) is 2.78. The molecule has 0 spiro atoms. The van der Waals surface area contributed by atoms with E-state index in [9.17, 15) is 0 Å². The quantitative estimate of drug-likeness (QED) is 0.858. The zero-order valence-corrected chi connectivity index (χ0v) is 12.4. The molecule has 18 heavy (non-hydrogen) atoms. The van der Waals surface area contributed by atoms with Crippen LogP contribution in [-0.2, 0) is 6.42 Å². The molecule has 1 aromatic rings. The van der Waals surface area contributed by atoms with Gasteiger partial charge in [0, 0.05) is 30.1 Å². The van der Waals surface area contributed by atoms with Gasteiger partial charge in [0.15, 0.2) is 0 Å². The number of aromatic nitrogens is 1. The summed E-state index contributed by atoms with van der Waals surface area (Å²) in [6.07, 6.45) is 4.96. The Kier molecular flexibility index (Phi) is 5.60. The molecule has 2 heterocycles. The van der Waals surface area contributed by atoms with Crippen molar-refractivity contribution >= 4 is 11.3 Å². The number of nitrogens with zero attached hydrogens (tertiary/aromatic N) is 2. The Morgan fingerprint density at radius 1 is 1.44 bits per heavy atom. The van der Waals surface area contributed by atoms with Gasteiger partial charge in [-0.15, -0.1) is 11.3 Å². The highest BCUT2D eigenvalue weighted by molar-refractivity contribution is 7.09. The summed E-state index contributed by atoms with van der Waals surface area (Å²) < 4.78 is 0. The summed E-state index contributed by atoms with van der Waals surface area (Å²) in [6.45, 7) is 9.21. The van der Waals surface area contributed by atoms with E-state index in [-0.39, 0.29) is 0 Å². The van der Waals surface area contributed by atoms with Crippen LogP contribution in [0.5, 0.6) is 0 Å². The smallest absolute Gasteiger partial charge is 0.0940 e. The van der Waals surface area contributed by atoms with Crippen LogP contribution in [0.25, 0.3) is 0 Å². The number of hydrogen-bond acceptors (Lipinski definition) is 4. The van der Waals surface area contributed by atoms with Crippen LogP contribution in [0, 0.1) is 6.92 Å². The van der Waals surface area contributed by atoms with E-state index in [0.29, 0.717) is 0 Å². The van der Waals surface area contributed by atoms with Crippen molar-refractivity contribution in [1.29, 1.82) is 0 Å². The summed E-state index contributed by atoms with van der Waals surface area (Å²) in [5.74, 6) is 0. The van der Waals surface area contributed by atoms with E-state index in [4.69, 9.17) is 0 Å². The van der Waals surface area contributed by atoms with Gasteiger partial charge in [-0.1, -0.05) is 6.92 Å². The fourth-order valence-corrected chi connectivity index (χ4v) is 3.35. The van der Waals surface area contributed by atoms with Crippen molar-refractivity contribution in [3.8, 4) is 0 Å². The van der Waals surface area contributed by atoms with Crippen molar-refractivity contribution in [2.45, 2.75) is 45.6 Å². The molecule has 0 aromatic carbocycles. The van der Waals surface area contributed by atoms with Gasteiger partial charge in [-0.3, -0.25) is 0 Å². The molecule has 0 bridgehead atoms. The molecular formula is C14H25N3S. The van der Waals surface area contributed by atoms with Crippen LogP contribution < -0.4 is 5.32 Å². The van der Waals surface area contributed by atoms with E-state index in [1.807, 2.05) is 0 Å². The number of likely N-dealkylation sites (tertiary alicyclic amines) is 1. The molecule has 2 rings (SSSR count). The molecule has 3 nitrogen and oxygen atoms in total. The summed E-state index contributed by atoms with van der Waals surface area (Å²) in [5, 5.41) is 7.09. The van der Waals surface area contributed by atoms with Crippen LogP contribution in [0.2, 0.25) is 0 Å². The van der Waals surface area contributed by atoms with Crippen LogP contribution >= 0.6 is 11.3 Å². The molecule has 1 aliphatic heterocycles. The van der Waals surface area contributed by atoms with Gasteiger partial charge in [0.1, 0.15) is 0 Å². The predicted octanol–water partition coefficient (Wildman–Crippen LogP) is 2.46. The van der Waals surface area contributed by atoms with Crippen molar-refractivity contribution < 1.29 is 0 Å². The third kappa shape index (κ3) is 4.34. The van der Waals surface area contributed by atoms with Gasteiger partial charge in [0.25, 0.3) is 0 Å². The Hall–Kier alpha value is -0.450. The second kappa shape index (κ2) is 7.22. The lowest BCUT2D eigenvalue weighted by molar-refractivity contribution is 0.198. The molecule has 0 aliphatic carbocycles. The fraction of sp³-hybridized carbons (Fsp3) is 0.786. The maximum atomic E-state index is 4.50. The van der Waals surface area contributed by atoms with Crippen LogP contribution in [0.15, 0.2) is 5.38 Å². The van der Waals surface area contributed by atoms with Gasteiger partial charge in [0.05, 0.1) is 5.01 Å². The van der Waals surface area contributed by atoms with Crippen LogP contribution in [0.1, 0.15) is 36.9 Å². The van der Waals surface area contributed by atoms with Crippen molar-refractivity contribution in [3.63, 3.8) is 0 Å². The normalized spacial score (nSPS) is 18.3. The minimum absolute atomic E-state index is 0.721. The average molecular weight is 267 g/mol. The molecule has 1 aliphatic rings. The molecule has 1 aromatic heterocycles. The van der Waals surface area contributed by atoms with Crippen molar-refractivity contribution in [3.05, 3.63) is 16.1 Å². The zero-order chi connectivity index (χ0) is 12.8. The van der Waals surface area contributed by atoms with Crippen LogP contribution in [-0.4, -0.2) is 42.1 Å². The monoisotopic (exact) mass is 267 g/mol. The lowest BCUT2D eigenvalue weighted by Gasteiger charge is -2.32. The van der Waals surface area contributed by atoms with E-state index in [1.165, 1.54) is 43.9 Å². The zero-order valence-electron chi connectivity index (χ0n) is 11.6. The van der Waals surface area contributed by atoms with Gasteiger partial charge in [0.2, 0.25) is 0 Å². The van der Waals surface area contributed by atoms with E-state index >= 15 is 0 Å². The third-order valence-corrected chi connectivity index (χ3v) is 4.59. The van der Waals surface area contributed by atoms with E-state index in [2.05, 4.69) is 34.4 Å². The molecule has 0 unspecified atom stereocenters. The van der Waals surface area contributed by atoms with Crippen molar-refractivity contribution in [2.24, 2.45) is 0 Å². The maximum Gasteiger partial charge on any atom is 0.0940 e. The number of piperidine rings is 1. The van der Waals surface area contributed by atoms with Gasteiger partial charge in [-0.2, -0.15) is 0 Å². The molecule has 0 atom stereocenters. The molecule has 0 saturated carbocycles. The van der Waals surface area contributed by atoms with Gasteiger partial charge >= 0.3 is 0 Å². The van der Waals surface area contributed by atoms with Gasteiger partial charge in [-0.05, 0) is 45.8 Å². The maximum absolute atomic E-state index is 4.50. The number of thiazole rings is 1. The SMILES string of the molecule is CCCN1CCC(NCCc2nc(C)cs2)CC1. The lowest BCUT2D eigenvalue weighted by atomic mass is 10.0. The standard InChI is InChI=1S/C14H25N3S/c1-3-8-17-9-5-13(6-10-17)15-7-4-14-16-12(2)11-18-14/h11,13,15H,3-10H2,1-2H3. The lowest BCUT2D eigenvalue weighted by Crippen LogP contribution is -2.43. The Morgan fingerprint density at radius 3 is 2.83 bits per heavy atom. The highest BCUT2D eigenvalue weighted by Crippen LogP contribution is 2.12. The minimum atomic E-state index is 0.721. The number of hydrogen-bond donors (Lipinski definition) is 1. The first-order valence-corrected chi connectivity index (χ1v) is 8.02. The largest absolute Gasteiger partial charge is 0.313 e. The number of nitrogens with one attached hydrogen (secondary N) is 1. The first-order chi connectivity index (χ1) is 8.78. The van der Waals surface area contributed by atoms with Crippen LogP contribution in [0.3, 0.4) is 0 Å². The molecule has 102 valence electrons. The second-order valence-corrected chi connectivity index (χ2v) is 6.15. The van der Waals surface area contributed by atoms with Gasteiger partial charge in [-0.25, -0.2) is 4.98 Å². The first kappa shape index (κ1) is 14.0.